The van der Waals surface area contributed by atoms with Gasteiger partial charge in [0.15, 0.2) is 23.1 Å². The van der Waals surface area contributed by atoms with Crippen molar-refractivity contribution in [1.82, 2.24) is 19.9 Å². The van der Waals surface area contributed by atoms with E-state index in [1.165, 1.54) is 0 Å². The predicted octanol–water partition coefficient (Wildman–Crippen LogP) is 14.5. The van der Waals surface area contributed by atoms with Crippen molar-refractivity contribution in [2.45, 2.75) is 0 Å². The van der Waals surface area contributed by atoms with E-state index in [9.17, 15) is 0 Å². The molecule has 8 aromatic carbocycles. The van der Waals surface area contributed by atoms with E-state index < -0.39 is 0 Å². The number of pyridine rings is 1. The van der Waals surface area contributed by atoms with E-state index in [2.05, 4.69) is 170 Å². The summed E-state index contributed by atoms with van der Waals surface area (Å²) in [7, 11) is 0. The molecule has 0 N–H and O–H groups in total. The van der Waals surface area contributed by atoms with Gasteiger partial charge in [-0.05, 0) is 52.1 Å². The molecule has 0 bridgehead atoms. The maximum absolute atomic E-state index is 7.02. The number of nitrogens with zero attached hydrogens (tertiary/aromatic N) is 4. The molecule has 0 radical (unpaired) electrons. The first-order valence-electron chi connectivity index (χ1n) is 20.4. The maximum Gasteiger partial charge on any atom is 0.164 e. The van der Waals surface area contributed by atoms with Gasteiger partial charge < -0.3 is 4.42 Å². The second-order valence-electron chi connectivity index (χ2n) is 15.0. The van der Waals surface area contributed by atoms with Crippen molar-refractivity contribution in [1.29, 1.82) is 0 Å². The van der Waals surface area contributed by atoms with Gasteiger partial charge in [0.2, 0.25) is 0 Å². The third-order valence-corrected chi connectivity index (χ3v) is 11.1. The van der Waals surface area contributed by atoms with Crippen molar-refractivity contribution in [2.75, 3.05) is 0 Å². The van der Waals surface area contributed by atoms with Gasteiger partial charge in [-0.15, -0.1) is 0 Å². The molecule has 0 atom stereocenters. The Hall–Kier alpha value is -8.28. The van der Waals surface area contributed by atoms with Crippen molar-refractivity contribution in [3.05, 3.63) is 218 Å². The lowest BCUT2D eigenvalue weighted by Gasteiger charge is -2.12. The molecule has 0 saturated heterocycles. The highest BCUT2D eigenvalue weighted by atomic mass is 16.3. The molecule has 11 rings (SSSR count). The molecule has 61 heavy (non-hydrogen) atoms. The van der Waals surface area contributed by atoms with Crippen LogP contribution in [0.5, 0.6) is 0 Å². The summed E-state index contributed by atoms with van der Waals surface area (Å²) in [5.41, 5.74) is 13.4. The minimum atomic E-state index is 0.559. The number of aromatic nitrogens is 4. The number of fused-ring (bicyclic) bond motifs is 3. The SMILES string of the molecule is c1ccc(-c2cccc(-c3nc(-c4cccc(-c5ccccc5)c4)nc(-c4cccc(-c5nc6ccccc6c6c(-c7ccccc7)c(-c7ccccc7)oc56)c4)n3)c2)cc1. The van der Waals surface area contributed by atoms with Gasteiger partial charge in [-0.3, -0.25) is 0 Å². The zero-order valence-electron chi connectivity index (χ0n) is 33.0. The summed E-state index contributed by atoms with van der Waals surface area (Å²) in [5, 5.41) is 2.06. The Balaban J connectivity index is 1.11. The summed E-state index contributed by atoms with van der Waals surface area (Å²) < 4.78 is 7.02. The van der Waals surface area contributed by atoms with Gasteiger partial charge in [-0.1, -0.05) is 194 Å². The standard InChI is InChI=1S/C56H36N4O/c1-5-18-37(19-6-1)41-26-15-29-44(34-41)54-58-55(45-30-16-27-42(35-45)38-20-7-2-8-21-38)60-56(59-54)46-31-17-28-43(36-46)51-53-50(47-32-13-14-33-48(47)57-51)49(39-22-9-3-10-23-39)52(61-53)40-24-11-4-12-25-40/h1-36H. The second-order valence-corrected chi connectivity index (χ2v) is 15.0. The molecule has 3 heterocycles. The second kappa shape index (κ2) is 15.5. The predicted molar refractivity (Wildman–Crippen MR) is 248 cm³/mol. The van der Waals surface area contributed by atoms with Crippen molar-refractivity contribution in [3.63, 3.8) is 0 Å². The first-order chi connectivity index (χ1) is 30.2. The smallest absolute Gasteiger partial charge is 0.164 e. The number of hydrogen-bond donors (Lipinski definition) is 0. The molecule has 0 saturated carbocycles. The fraction of sp³-hybridized carbons (Fsp3) is 0. The van der Waals surface area contributed by atoms with E-state index in [0.29, 0.717) is 17.5 Å². The zero-order valence-corrected chi connectivity index (χ0v) is 33.0. The minimum absolute atomic E-state index is 0.559. The van der Waals surface area contributed by atoms with Gasteiger partial charge >= 0.3 is 0 Å². The van der Waals surface area contributed by atoms with Crippen molar-refractivity contribution >= 4 is 21.9 Å². The van der Waals surface area contributed by atoms with Crippen LogP contribution in [0.25, 0.3) is 112 Å². The average molecular weight is 781 g/mol. The van der Waals surface area contributed by atoms with E-state index in [4.69, 9.17) is 24.4 Å². The number of rotatable bonds is 8. The fourth-order valence-electron chi connectivity index (χ4n) is 8.18. The molecule has 0 unspecified atom stereocenters. The van der Waals surface area contributed by atoms with E-state index in [0.717, 1.165) is 94.5 Å². The van der Waals surface area contributed by atoms with Gasteiger partial charge in [0.05, 0.1) is 5.52 Å². The van der Waals surface area contributed by atoms with Crippen LogP contribution in [0.4, 0.5) is 0 Å². The van der Waals surface area contributed by atoms with Crippen LogP contribution in [0.3, 0.4) is 0 Å². The van der Waals surface area contributed by atoms with Crippen LogP contribution in [0.15, 0.2) is 223 Å². The Kier molecular flexibility index (Phi) is 9.10. The maximum atomic E-state index is 7.02. The van der Waals surface area contributed by atoms with Gasteiger partial charge in [-0.25, -0.2) is 19.9 Å². The van der Waals surface area contributed by atoms with E-state index >= 15 is 0 Å². The third-order valence-electron chi connectivity index (χ3n) is 11.1. The highest BCUT2D eigenvalue weighted by Gasteiger charge is 2.24. The summed E-state index contributed by atoms with van der Waals surface area (Å²) in [6, 6.07) is 74.9. The summed E-state index contributed by atoms with van der Waals surface area (Å²) in [4.78, 5) is 20.8. The van der Waals surface area contributed by atoms with Crippen molar-refractivity contribution < 1.29 is 4.42 Å². The highest BCUT2D eigenvalue weighted by Crippen LogP contribution is 2.46. The molecule has 0 spiro atoms. The molecule has 5 heteroatoms. The molecule has 11 aromatic rings. The quantitative estimate of drug-likeness (QED) is 0.154. The average Bonchev–Trinajstić information content (AvgIpc) is 3.76. The Morgan fingerprint density at radius 3 is 1.21 bits per heavy atom. The van der Waals surface area contributed by atoms with Crippen LogP contribution in [0.2, 0.25) is 0 Å². The molecule has 0 aliphatic heterocycles. The first-order valence-corrected chi connectivity index (χ1v) is 20.4. The highest BCUT2D eigenvalue weighted by molar-refractivity contribution is 6.18. The Morgan fingerprint density at radius 2 is 0.689 bits per heavy atom. The van der Waals surface area contributed by atoms with Gasteiger partial charge in [0, 0.05) is 44.2 Å². The van der Waals surface area contributed by atoms with Gasteiger partial charge in [0.1, 0.15) is 11.5 Å². The molecule has 0 amide bonds. The van der Waals surface area contributed by atoms with Crippen LogP contribution in [0, 0.1) is 0 Å². The normalized spacial score (nSPS) is 11.3. The lowest BCUT2D eigenvalue weighted by atomic mass is 9.95. The summed E-state index contributed by atoms with van der Waals surface area (Å²) in [6.45, 7) is 0. The first kappa shape index (κ1) is 35.8. The van der Waals surface area contributed by atoms with E-state index in [1.54, 1.807) is 0 Å². The summed E-state index contributed by atoms with van der Waals surface area (Å²) in [5.74, 6) is 2.54. The molecule has 5 nitrogen and oxygen atoms in total. The van der Waals surface area contributed by atoms with Crippen LogP contribution in [-0.4, -0.2) is 19.9 Å². The molecule has 0 fully saturated rings. The number of para-hydroxylation sites is 1. The minimum Gasteiger partial charge on any atom is -0.453 e. The number of benzene rings is 8. The summed E-state index contributed by atoms with van der Waals surface area (Å²) >= 11 is 0. The molecule has 3 aromatic heterocycles. The Labute approximate surface area is 353 Å². The largest absolute Gasteiger partial charge is 0.453 e. The van der Waals surface area contributed by atoms with Crippen LogP contribution >= 0.6 is 0 Å². The molecule has 0 aliphatic carbocycles. The van der Waals surface area contributed by atoms with Crippen LogP contribution < -0.4 is 0 Å². The van der Waals surface area contributed by atoms with Gasteiger partial charge in [0.25, 0.3) is 0 Å². The molecular formula is C56H36N4O. The Morgan fingerprint density at radius 1 is 0.295 bits per heavy atom. The van der Waals surface area contributed by atoms with Crippen LogP contribution in [0.1, 0.15) is 0 Å². The lowest BCUT2D eigenvalue weighted by Crippen LogP contribution is -2.00. The number of furan rings is 1. The van der Waals surface area contributed by atoms with Crippen molar-refractivity contribution in [2.24, 2.45) is 0 Å². The molecule has 286 valence electrons. The van der Waals surface area contributed by atoms with E-state index in [1.807, 2.05) is 48.5 Å². The zero-order chi connectivity index (χ0) is 40.5. The third kappa shape index (κ3) is 6.84. The van der Waals surface area contributed by atoms with Crippen molar-refractivity contribution in [3.8, 4) is 90.1 Å². The lowest BCUT2D eigenvalue weighted by molar-refractivity contribution is 0.632. The molecular weight excluding hydrogens is 745 g/mol. The topological polar surface area (TPSA) is 64.7 Å². The fourth-order valence-corrected chi connectivity index (χ4v) is 8.18. The summed E-state index contributed by atoms with van der Waals surface area (Å²) in [6.07, 6.45) is 0. The van der Waals surface area contributed by atoms with E-state index in [-0.39, 0.29) is 0 Å². The van der Waals surface area contributed by atoms with Crippen LogP contribution in [-0.2, 0) is 0 Å². The monoisotopic (exact) mass is 780 g/mol. The molecule has 0 aliphatic rings. The Bertz CT molecular complexity index is 3240. The number of hydrogen-bond acceptors (Lipinski definition) is 5. The van der Waals surface area contributed by atoms with Gasteiger partial charge in [-0.2, -0.15) is 0 Å².